The molecule has 0 bridgehead atoms. The van der Waals surface area contributed by atoms with E-state index in [0.29, 0.717) is 37.8 Å². The van der Waals surface area contributed by atoms with Gasteiger partial charge in [-0.15, -0.1) is 13.2 Å². The average molecular weight is 291 g/mol. The van der Waals surface area contributed by atoms with Crippen molar-refractivity contribution in [2.45, 2.75) is 26.8 Å². The maximum Gasteiger partial charge on any atom is 0.573 e. The molecule has 0 amide bonds. The lowest BCUT2D eigenvalue weighted by Gasteiger charge is -2.13. The molecule has 0 aliphatic rings. The van der Waals surface area contributed by atoms with Crippen molar-refractivity contribution in [3.63, 3.8) is 0 Å². The molecule has 0 aliphatic heterocycles. The molecular weight excluding hydrogens is 271 g/mol. The number of alkyl halides is 3. The molecule has 1 N–H and O–H groups in total. The summed E-state index contributed by atoms with van der Waals surface area (Å²) in [6.07, 6.45) is -4.67. The average Bonchev–Trinajstić information content (AvgIpc) is 2.33. The molecule has 0 unspecified atom stereocenters. The normalized spacial score (nSPS) is 11.9. The van der Waals surface area contributed by atoms with Crippen LogP contribution in [0, 0.1) is 5.92 Å². The lowest BCUT2D eigenvalue weighted by atomic mass is 10.2. The van der Waals surface area contributed by atoms with Gasteiger partial charge in [0.05, 0.1) is 6.61 Å². The first-order valence-electron chi connectivity index (χ1n) is 6.50. The van der Waals surface area contributed by atoms with Crippen LogP contribution >= 0.6 is 0 Å². The molecule has 0 fully saturated rings. The highest BCUT2D eigenvalue weighted by atomic mass is 19.4. The Labute approximate surface area is 117 Å². The summed E-state index contributed by atoms with van der Waals surface area (Å²) in [6, 6.07) is 6.09. The van der Waals surface area contributed by atoms with Crippen molar-refractivity contribution in [1.82, 2.24) is 5.32 Å². The molecule has 0 atom stereocenters. The van der Waals surface area contributed by atoms with Crippen LogP contribution in [0.2, 0.25) is 0 Å². The molecule has 20 heavy (non-hydrogen) atoms. The third-order valence-corrected chi connectivity index (χ3v) is 2.39. The van der Waals surface area contributed by atoms with E-state index in [-0.39, 0.29) is 5.75 Å². The largest absolute Gasteiger partial charge is 0.573 e. The van der Waals surface area contributed by atoms with Crippen LogP contribution in [0.15, 0.2) is 24.3 Å². The van der Waals surface area contributed by atoms with Gasteiger partial charge in [-0.05, 0) is 12.0 Å². The zero-order valence-corrected chi connectivity index (χ0v) is 11.7. The molecular formula is C14H20F3NO2. The highest BCUT2D eigenvalue weighted by Gasteiger charge is 2.31. The molecule has 3 nitrogen and oxygen atoms in total. The summed E-state index contributed by atoms with van der Waals surface area (Å²) in [4.78, 5) is 0. The third-order valence-electron chi connectivity index (χ3n) is 2.39. The first-order valence-corrected chi connectivity index (χ1v) is 6.50. The van der Waals surface area contributed by atoms with E-state index in [1.807, 2.05) is 0 Å². The van der Waals surface area contributed by atoms with Crippen molar-refractivity contribution in [2.75, 3.05) is 19.8 Å². The molecule has 6 heteroatoms. The number of ether oxygens (including phenoxy) is 2. The number of hydrogen-bond acceptors (Lipinski definition) is 3. The highest BCUT2D eigenvalue weighted by Crippen LogP contribution is 2.25. The van der Waals surface area contributed by atoms with Crippen molar-refractivity contribution < 1.29 is 22.6 Å². The van der Waals surface area contributed by atoms with Crippen LogP contribution < -0.4 is 10.1 Å². The Morgan fingerprint density at radius 2 is 1.90 bits per heavy atom. The molecule has 0 saturated heterocycles. The number of para-hydroxylation sites is 1. The van der Waals surface area contributed by atoms with Gasteiger partial charge in [-0.1, -0.05) is 32.0 Å². The summed E-state index contributed by atoms with van der Waals surface area (Å²) in [5.74, 6) is 0.298. The lowest BCUT2D eigenvalue weighted by Crippen LogP contribution is -2.22. The van der Waals surface area contributed by atoms with Crippen LogP contribution in [0.4, 0.5) is 13.2 Å². The van der Waals surface area contributed by atoms with Gasteiger partial charge in [0.25, 0.3) is 0 Å². The van der Waals surface area contributed by atoms with Crippen molar-refractivity contribution >= 4 is 0 Å². The summed E-state index contributed by atoms with van der Waals surface area (Å²) in [5.41, 5.74) is 0.466. The Bertz CT molecular complexity index is 394. The van der Waals surface area contributed by atoms with Crippen LogP contribution in [0.3, 0.4) is 0 Å². The molecule has 1 rings (SSSR count). The van der Waals surface area contributed by atoms with E-state index in [2.05, 4.69) is 23.9 Å². The van der Waals surface area contributed by atoms with E-state index in [0.717, 1.165) is 0 Å². The van der Waals surface area contributed by atoms with E-state index in [4.69, 9.17) is 4.74 Å². The van der Waals surface area contributed by atoms with Gasteiger partial charge in [-0.25, -0.2) is 0 Å². The van der Waals surface area contributed by atoms with Gasteiger partial charge in [-0.2, -0.15) is 0 Å². The molecule has 114 valence electrons. The number of nitrogens with one attached hydrogen (secondary N) is 1. The Balaban J connectivity index is 2.36. The van der Waals surface area contributed by atoms with E-state index in [1.54, 1.807) is 12.1 Å². The van der Waals surface area contributed by atoms with Crippen LogP contribution in [0.25, 0.3) is 0 Å². The minimum absolute atomic E-state index is 0.171. The Morgan fingerprint density at radius 1 is 1.20 bits per heavy atom. The van der Waals surface area contributed by atoms with Crippen LogP contribution in [0.1, 0.15) is 19.4 Å². The van der Waals surface area contributed by atoms with Gasteiger partial charge in [0.2, 0.25) is 0 Å². The summed E-state index contributed by atoms with van der Waals surface area (Å²) in [7, 11) is 0. The molecule has 0 aliphatic carbocycles. The van der Waals surface area contributed by atoms with Crippen molar-refractivity contribution in [3.8, 4) is 5.75 Å². The fourth-order valence-corrected chi connectivity index (χ4v) is 1.56. The maximum atomic E-state index is 12.2. The minimum atomic E-state index is -4.67. The lowest BCUT2D eigenvalue weighted by molar-refractivity contribution is -0.274. The van der Waals surface area contributed by atoms with Gasteiger partial charge in [0, 0.05) is 25.3 Å². The first kappa shape index (κ1) is 16.8. The van der Waals surface area contributed by atoms with Crippen LogP contribution in [0.5, 0.6) is 5.75 Å². The Hall–Kier alpha value is -1.27. The molecule has 1 aromatic carbocycles. The second kappa shape index (κ2) is 8.11. The predicted octanol–water partition coefficient (Wildman–Crippen LogP) is 3.35. The van der Waals surface area contributed by atoms with Gasteiger partial charge in [-0.3, -0.25) is 0 Å². The molecule has 0 heterocycles. The predicted molar refractivity (Wildman–Crippen MR) is 70.5 cm³/mol. The quantitative estimate of drug-likeness (QED) is 0.745. The Kier molecular flexibility index (Phi) is 6.81. The van der Waals surface area contributed by atoms with Crippen LogP contribution in [-0.4, -0.2) is 26.1 Å². The fraction of sp³-hybridized carbons (Fsp3) is 0.571. The zero-order valence-electron chi connectivity index (χ0n) is 11.7. The Morgan fingerprint density at radius 3 is 2.55 bits per heavy atom. The monoisotopic (exact) mass is 291 g/mol. The van der Waals surface area contributed by atoms with E-state index < -0.39 is 6.36 Å². The third kappa shape index (κ3) is 7.35. The summed E-state index contributed by atoms with van der Waals surface area (Å²) in [6.45, 7) is 6.19. The summed E-state index contributed by atoms with van der Waals surface area (Å²) in [5, 5.41) is 3.03. The van der Waals surface area contributed by atoms with E-state index >= 15 is 0 Å². The first-order chi connectivity index (χ1) is 9.38. The topological polar surface area (TPSA) is 30.5 Å². The summed E-state index contributed by atoms with van der Waals surface area (Å²) >= 11 is 0. The van der Waals surface area contributed by atoms with Gasteiger partial charge < -0.3 is 14.8 Å². The number of rotatable bonds is 8. The van der Waals surface area contributed by atoms with Gasteiger partial charge in [0.15, 0.2) is 0 Å². The van der Waals surface area contributed by atoms with Crippen LogP contribution in [-0.2, 0) is 11.3 Å². The van der Waals surface area contributed by atoms with Gasteiger partial charge >= 0.3 is 6.36 Å². The molecule has 0 aromatic heterocycles. The smallest absolute Gasteiger partial charge is 0.405 e. The SMILES string of the molecule is CC(C)COCCNCc1ccccc1OC(F)(F)F. The molecule has 0 saturated carbocycles. The van der Waals surface area contributed by atoms with Crippen molar-refractivity contribution in [3.05, 3.63) is 29.8 Å². The molecule has 0 spiro atoms. The summed E-state index contributed by atoms with van der Waals surface area (Å²) < 4.78 is 46.0. The van der Waals surface area contributed by atoms with Crippen molar-refractivity contribution in [1.29, 1.82) is 0 Å². The van der Waals surface area contributed by atoms with E-state index in [1.165, 1.54) is 12.1 Å². The highest BCUT2D eigenvalue weighted by molar-refractivity contribution is 5.33. The molecule has 1 aromatic rings. The maximum absolute atomic E-state index is 12.2. The standard InChI is InChI=1S/C14H20F3NO2/c1-11(2)10-19-8-7-18-9-12-5-3-4-6-13(12)20-14(15,16)17/h3-6,11,18H,7-10H2,1-2H3. The van der Waals surface area contributed by atoms with Gasteiger partial charge in [0.1, 0.15) is 5.75 Å². The van der Waals surface area contributed by atoms with Crippen molar-refractivity contribution in [2.24, 2.45) is 5.92 Å². The number of benzene rings is 1. The second-order valence-electron chi connectivity index (χ2n) is 4.80. The van der Waals surface area contributed by atoms with E-state index in [9.17, 15) is 13.2 Å². The fourth-order valence-electron chi connectivity index (χ4n) is 1.56. The molecule has 0 radical (unpaired) electrons. The second-order valence-corrected chi connectivity index (χ2v) is 4.80. The minimum Gasteiger partial charge on any atom is -0.405 e. The number of halogens is 3. The zero-order chi connectivity index (χ0) is 15.0. The number of hydrogen-bond donors (Lipinski definition) is 1.